The van der Waals surface area contributed by atoms with E-state index in [9.17, 15) is 0 Å². The Kier molecular flexibility index (Phi) is 17.9. The summed E-state index contributed by atoms with van der Waals surface area (Å²) in [6.45, 7) is 4.57. The highest BCUT2D eigenvalue weighted by Gasteiger charge is 1.92. The van der Waals surface area contributed by atoms with Crippen molar-refractivity contribution in [1.82, 2.24) is 0 Å². The highest BCUT2D eigenvalue weighted by atomic mass is 27.0. The molecule has 0 heterocycles. The van der Waals surface area contributed by atoms with E-state index in [1.54, 1.807) is 9.10 Å². The Balaban J connectivity index is 0. The van der Waals surface area contributed by atoms with Gasteiger partial charge in [-0.3, -0.25) is 0 Å². The van der Waals surface area contributed by atoms with Crippen LogP contribution < -0.4 is 0 Å². The van der Waals surface area contributed by atoms with Crippen molar-refractivity contribution in [2.75, 3.05) is 0 Å². The third kappa shape index (κ3) is 12.0. The summed E-state index contributed by atoms with van der Waals surface area (Å²) >= 11 is 0.389. The van der Waals surface area contributed by atoms with Gasteiger partial charge in [-0.15, -0.1) is 9.10 Å². The second kappa shape index (κ2) is 12.9. The van der Waals surface area contributed by atoms with Crippen molar-refractivity contribution in [3.05, 3.63) is 0 Å². The molecule has 0 nitrogen and oxygen atoms in total. The predicted molar refractivity (Wildman–Crippen MR) is 55.1 cm³/mol. The molecular formula is C8H21AlMg. The minimum absolute atomic E-state index is 0. The molecule has 0 aromatic rings. The summed E-state index contributed by atoms with van der Waals surface area (Å²) < 4.78 is 3.19. The van der Waals surface area contributed by atoms with Gasteiger partial charge in [-0.25, -0.2) is 0 Å². The van der Waals surface area contributed by atoms with Crippen molar-refractivity contribution in [2.45, 2.75) is 48.6 Å². The highest BCUT2D eigenvalue weighted by molar-refractivity contribution is 6.35. The summed E-state index contributed by atoms with van der Waals surface area (Å²) in [6, 6.07) is 0. The molecule has 2 heteroatoms. The first-order valence-corrected chi connectivity index (χ1v) is 6.41. The van der Waals surface area contributed by atoms with Crippen molar-refractivity contribution in [1.29, 1.82) is 0 Å². The van der Waals surface area contributed by atoms with E-state index < -0.39 is 0 Å². The van der Waals surface area contributed by atoms with E-state index in [0.29, 0.717) is 20.4 Å². The van der Waals surface area contributed by atoms with Gasteiger partial charge in [0.25, 0.3) is 0 Å². The van der Waals surface area contributed by atoms with Crippen molar-refractivity contribution < 1.29 is 0 Å². The van der Waals surface area contributed by atoms with Gasteiger partial charge in [-0.05, 0) is 0 Å². The molecule has 0 aliphatic heterocycles. The van der Waals surface area contributed by atoms with Crippen molar-refractivity contribution >= 4 is 37.7 Å². The van der Waals surface area contributed by atoms with E-state index in [1.807, 2.05) is 0 Å². The molecule has 0 radical (unpaired) electrons. The first-order valence-electron chi connectivity index (χ1n) is 4.41. The summed E-state index contributed by atoms with van der Waals surface area (Å²) in [4.78, 5) is 0. The summed E-state index contributed by atoms with van der Waals surface area (Å²) in [5.41, 5.74) is 0. The fourth-order valence-electron chi connectivity index (χ4n) is 1.03. The summed E-state index contributed by atoms with van der Waals surface area (Å²) in [5.74, 6) is 0. The van der Waals surface area contributed by atoms with Crippen molar-refractivity contribution in [2.24, 2.45) is 0 Å². The van der Waals surface area contributed by atoms with Crippen LogP contribution >= 0.6 is 0 Å². The Bertz CT molecular complexity index is 42.5. The predicted octanol–water partition coefficient (Wildman–Crippen LogP) is 1.94. The monoisotopic (exact) mass is 168 g/mol. The standard InChI is InChI=1S/2C4H9.Al.Mg.3H/c2*1-3-4-2;;;;;/h2*1,3-4H2,2H3;;;;;. The quantitative estimate of drug-likeness (QED) is 0.420. The lowest BCUT2D eigenvalue weighted by molar-refractivity contribution is 0.851. The van der Waals surface area contributed by atoms with Gasteiger partial charge in [-0.1, -0.05) is 39.5 Å². The van der Waals surface area contributed by atoms with Crippen LogP contribution in [0.1, 0.15) is 39.5 Å². The number of hydrogen-bond donors (Lipinski definition) is 0. The third-order valence-electron chi connectivity index (χ3n) is 1.71. The zero-order valence-electron chi connectivity index (χ0n) is 6.95. The van der Waals surface area contributed by atoms with Crippen LogP contribution in [0.3, 0.4) is 0 Å². The first kappa shape index (κ1) is 13.9. The molecule has 0 rings (SSSR count). The molecule has 0 saturated carbocycles. The number of hydrogen-bond acceptors (Lipinski definition) is 0. The maximum Gasteiger partial charge on any atom is 0.364 e. The smallest absolute Gasteiger partial charge is 0.146 e. The Morgan fingerprint density at radius 1 is 0.900 bits per heavy atom. The van der Waals surface area contributed by atoms with Gasteiger partial charge in [-0.2, -0.15) is 0 Å². The van der Waals surface area contributed by atoms with E-state index in [-0.39, 0.29) is 17.4 Å². The largest absolute Gasteiger partial charge is 0.364 e. The van der Waals surface area contributed by atoms with E-state index >= 15 is 0 Å². The summed E-state index contributed by atoms with van der Waals surface area (Å²) in [7, 11) is 0. The Morgan fingerprint density at radius 2 is 1.30 bits per heavy atom. The third-order valence-corrected chi connectivity index (χ3v) is 3.71. The van der Waals surface area contributed by atoms with Crippen LogP contribution in [-0.4, -0.2) is 37.7 Å². The molecule has 0 unspecified atom stereocenters. The molecule has 0 atom stereocenters. The van der Waals surface area contributed by atoms with Crippen molar-refractivity contribution in [3.63, 3.8) is 0 Å². The lowest BCUT2D eigenvalue weighted by atomic mass is 10.4. The molecule has 0 aliphatic carbocycles. The van der Waals surface area contributed by atoms with E-state index in [1.165, 1.54) is 25.7 Å². The molecule has 0 aliphatic rings. The first-order chi connectivity index (χ1) is 4.41. The molecule has 0 fully saturated rings. The van der Waals surface area contributed by atoms with Gasteiger partial charge in [0.1, 0.15) is 0 Å². The lowest BCUT2D eigenvalue weighted by Gasteiger charge is -1.93. The molecule has 0 aromatic heterocycles. The minimum atomic E-state index is 0. The lowest BCUT2D eigenvalue weighted by Crippen LogP contribution is -1.87. The molecule has 0 aromatic carbocycles. The molecule has 10 heavy (non-hydrogen) atoms. The maximum atomic E-state index is 2.29. The molecule has 0 amide bonds. The topological polar surface area (TPSA) is 0 Å². The highest BCUT2D eigenvalue weighted by Crippen LogP contribution is 1.99. The van der Waals surface area contributed by atoms with E-state index in [0.717, 1.165) is 0 Å². The maximum absolute atomic E-state index is 2.29. The van der Waals surface area contributed by atoms with Crippen LogP contribution in [0.15, 0.2) is 0 Å². The summed E-state index contributed by atoms with van der Waals surface area (Å²) in [6.07, 6.45) is 5.80. The van der Waals surface area contributed by atoms with Crippen LogP contribution in [-0.2, 0) is 0 Å². The van der Waals surface area contributed by atoms with E-state index in [2.05, 4.69) is 13.8 Å². The number of rotatable bonds is 6. The molecule has 0 spiro atoms. The Labute approximate surface area is 86.0 Å². The normalized spacial score (nSPS) is 8.20. The van der Waals surface area contributed by atoms with Crippen LogP contribution in [0.2, 0.25) is 9.10 Å². The fourth-order valence-corrected chi connectivity index (χ4v) is 3.09. The molecular weight excluding hydrogens is 147 g/mol. The zero-order valence-corrected chi connectivity index (χ0v) is 8.36. The number of unbranched alkanes of at least 4 members (excludes halogenated alkanes) is 2. The fraction of sp³-hybridized carbons (Fsp3) is 1.00. The molecule has 58 valence electrons. The Hall–Kier alpha value is 1.30. The van der Waals surface area contributed by atoms with Gasteiger partial charge in [0.2, 0.25) is 0 Å². The molecule has 0 saturated heterocycles. The van der Waals surface area contributed by atoms with Gasteiger partial charge in [0, 0.05) is 0 Å². The van der Waals surface area contributed by atoms with Crippen LogP contribution in [0, 0.1) is 0 Å². The summed E-state index contributed by atoms with van der Waals surface area (Å²) in [5, 5.41) is 0. The average molecular weight is 169 g/mol. The zero-order chi connectivity index (χ0) is 6.95. The van der Waals surface area contributed by atoms with Crippen molar-refractivity contribution in [3.8, 4) is 0 Å². The van der Waals surface area contributed by atoms with Gasteiger partial charge < -0.3 is 0 Å². The average Bonchev–Trinajstić information content (AvgIpc) is 1.89. The van der Waals surface area contributed by atoms with Crippen LogP contribution in [0.4, 0.5) is 0 Å². The van der Waals surface area contributed by atoms with Gasteiger partial charge in [0.05, 0.1) is 0 Å². The molecule has 0 N–H and O–H groups in total. The Morgan fingerprint density at radius 3 is 1.60 bits per heavy atom. The molecule has 0 bridgehead atoms. The van der Waals surface area contributed by atoms with E-state index in [4.69, 9.17) is 0 Å². The van der Waals surface area contributed by atoms with Crippen LogP contribution in [0.25, 0.3) is 0 Å². The van der Waals surface area contributed by atoms with Crippen LogP contribution in [0.5, 0.6) is 0 Å². The van der Waals surface area contributed by atoms with Gasteiger partial charge >= 0.3 is 20.4 Å². The minimum Gasteiger partial charge on any atom is -0.146 e. The SMILES string of the molecule is CCC[CH2][Mg][CH2]CCC.[AlH3]. The van der Waals surface area contributed by atoms with Gasteiger partial charge in [0.15, 0.2) is 17.4 Å². The second-order valence-electron chi connectivity index (χ2n) is 2.77. The second-order valence-corrected chi connectivity index (χ2v) is 4.89.